The summed E-state index contributed by atoms with van der Waals surface area (Å²) in [5.41, 5.74) is 3.67. The number of nitrogens with zero attached hydrogens (tertiary/aromatic N) is 7. The largest absolute Gasteiger partial charge is 0.349 e. The van der Waals surface area contributed by atoms with Gasteiger partial charge in [0.15, 0.2) is 0 Å². The van der Waals surface area contributed by atoms with E-state index in [4.69, 9.17) is 9.47 Å². The number of rotatable bonds is 9. The molecule has 10 heteroatoms. The van der Waals surface area contributed by atoms with E-state index in [2.05, 4.69) is 42.6 Å². The van der Waals surface area contributed by atoms with Crippen molar-refractivity contribution < 1.29 is 9.47 Å². The van der Waals surface area contributed by atoms with Crippen molar-refractivity contribution in [3.05, 3.63) is 59.8 Å². The third kappa shape index (κ3) is 4.49. The van der Waals surface area contributed by atoms with Gasteiger partial charge in [-0.05, 0) is 23.3 Å². The lowest BCUT2D eigenvalue weighted by molar-refractivity contribution is -0.111. The first kappa shape index (κ1) is 20.8. The molecule has 0 aliphatic heterocycles. The molecule has 160 valence electrons. The molecule has 10 nitrogen and oxygen atoms in total. The fraction of sp³-hybridized carbons (Fsp3) is 0.333. The highest BCUT2D eigenvalue weighted by molar-refractivity contribution is 5.78. The predicted octanol–water partition coefficient (Wildman–Crippen LogP) is 2.81. The molecule has 0 spiro atoms. The molecule has 0 radical (unpaired) electrons. The summed E-state index contributed by atoms with van der Waals surface area (Å²) in [7, 11) is 3.15. The molecule has 0 saturated heterocycles. The summed E-state index contributed by atoms with van der Waals surface area (Å²) < 4.78 is 12.5. The second kappa shape index (κ2) is 9.54. The van der Waals surface area contributed by atoms with Gasteiger partial charge in [0.2, 0.25) is 17.9 Å². The summed E-state index contributed by atoms with van der Waals surface area (Å²) in [6.07, 6.45) is 2.83. The van der Waals surface area contributed by atoms with Crippen LogP contribution in [0.25, 0.3) is 22.6 Å². The van der Waals surface area contributed by atoms with Crippen LogP contribution < -0.4 is 0 Å². The molecule has 3 heterocycles. The lowest BCUT2D eigenvalue weighted by Gasteiger charge is -2.08. The number of aromatic amines is 1. The van der Waals surface area contributed by atoms with Gasteiger partial charge < -0.3 is 9.47 Å². The van der Waals surface area contributed by atoms with Crippen molar-refractivity contribution in [3.8, 4) is 22.6 Å². The molecule has 1 N–H and O–H groups in total. The number of benzene rings is 1. The normalized spacial score (nSPS) is 11.4. The number of aromatic nitrogens is 8. The molecular weight excluding hydrogens is 396 g/mol. The van der Waals surface area contributed by atoms with Crippen molar-refractivity contribution in [3.63, 3.8) is 0 Å². The first-order valence-electron chi connectivity index (χ1n) is 10.0. The van der Waals surface area contributed by atoms with Gasteiger partial charge >= 0.3 is 0 Å². The molecule has 3 aromatic heterocycles. The van der Waals surface area contributed by atoms with Crippen LogP contribution in [0.15, 0.2) is 42.6 Å². The van der Waals surface area contributed by atoms with Gasteiger partial charge in [0.1, 0.15) is 5.82 Å². The van der Waals surface area contributed by atoms with Crippen LogP contribution in [-0.4, -0.2) is 54.6 Å². The smallest absolute Gasteiger partial charge is 0.220 e. The van der Waals surface area contributed by atoms with Gasteiger partial charge in [0.25, 0.3) is 0 Å². The maximum atomic E-state index is 5.30. The van der Waals surface area contributed by atoms with E-state index in [1.165, 1.54) is 0 Å². The monoisotopic (exact) mass is 420 g/mol. The minimum absolute atomic E-state index is 0.520. The van der Waals surface area contributed by atoms with Crippen LogP contribution in [0.5, 0.6) is 0 Å². The van der Waals surface area contributed by atoms with Crippen molar-refractivity contribution in [2.24, 2.45) is 0 Å². The summed E-state index contributed by atoms with van der Waals surface area (Å²) in [6, 6.07) is 11.9. The summed E-state index contributed by atoms with van der Waals surface area (Å²) in [6.45, 7) is 2.87. The van der Waals surface area contributed by atoms with Crippen LogP contribution >= 0.6 is 0 Å². The van der Waals surface area contributed by atoms with Crippen LogP contribution in [0.3, 0.4) is 0 Å². The number of pyridine rings is 1. The van der Waals surface area contributed by atoms with Crippen LogP contribution in [-0.2, 0) is 22.4 Å². The predicted molar refractivity (Wildman–Crippen MR) is 113 cm³/mol. The Kier molecular flexibility index (Phi) is 6.39. The third-order valence-electron chi connectivity index (χ3n) is 4.82. The van der Waals surface area contributed by atoms with Crippen molar-refractivity contribution in [1.29, 1.82) is 0 Å². The zero-order chi connectivity index (χ0) is 21.6. The van der Waals surface area contributed by atoms with E-state index in [0.29, 0.717) is 18.1 Å². The van der Waals surface area contributed by atoms with Gasteiger partial charge in [-0.2, -0.15) is 10.3 Å². The zero-order valence-corrected chi connectivity index (χ0v) is 17.7. The number of aryl methyl sites for hydroxylation is 1. The highest BCUT2D eigenvalue weighted by Crippen LogP contribution is 2.28. The fourth-order valence-corrected chi connectivity index (χ4v) is 3.37. The number of nitrogens with one attached hydrogen (secondary N) is 1. The molecule has 4 rings (SSSR count). The molecule has 0 amide bonds. The topological polar surface area (TPSA) is 117 Å². The second-order valence-electron chi connectivity index (χ2n) is 6.92. The zero-order valence-electron chi connectivity index (χ0n) is 17.7. The van der Waals surface area contributed by atoms with E-state index in [-0.39, 0.29) is 0 Å². The van der Waals surface area contributed by atoms with Gasteiger partial charge in [-0.3, -0.25) is 4.98 Å². The minimum atomic E-state index is -0.584. The number of ether oxygens (including phenoxy) is 2. The standard InChI is InChI=1S/C21H24N8O2/c1-4-11-29-18(23-20(26-29)21(30-2)31-3)12-14-9-10-17(22-13-14)15-7-5-6-8-16(15)19-24-27-28-25-19/h5-10,13,21H,4,11-12H2,1-3H3,(H,24,25,27,28). The van der Waals surface area contributed by atoms with E-state index >= 15 is 0 Å². The van der Waals surface area contributed by atoms with E-state index in [0.717, 1.165) is 41.2 Å². The summed E-state index contributed by atoms with van der Waals surface area (Å²) in [4.78, 5) is 9.31. The molecule has 0 saturated carbocycles. The fourth-order valence-electron chi connectivity index (χ4n) is 3.37. The van der Waals surface area contributed by atoms with Crippen molar-refractivity contribution in [1.82, 2.24) is 40.4 Å². The highest BCUT2D eigenvalue weighted by Gasteiger charge is 2.19. The number of methoxy groups -OCH3 is 2. The van der Waals surface area contributed by atoms with Gasteiger partial charge in [0.05, 0.1) is 5.69 Å². The molecule has 1 aromatic carbocycles. The molecule has 0 atom stereocenters. The Morgan fingerprint density at radius 1 is 1.06 bits per heavy atom. The Bertz CT molecular complexity index is 1100. The van der Waals surface area contributed by atoms with Crippen molar-refractivity contribution in [2.75, 3.05) is 14.2 Å². The number of hydrogen-bond acceptors (Lipinski definition) is 8. The lowest BCUT2D eigenvalue weighted by atomic mass is 10.0. The minimum Gasteiger partial charge on any atom is -0.349 e. The first-order valence-corrected chi connectivity index (χ1v) is 10.0. The highest BCUT2D eigenvalue weighted by atomic mass is 16.7. The van der Waals surface area contributed by atoms with Gasteiger partial charge in [-0.1, -0.05) is 37.3 Å². The molecule has 0 bridgehead atoms. The summed E-state index contributed by atoms with van der Waals surface area (Å²) in [5, 5.41) is 18.9. The van der Waals surface area contributed by atoms with Gasteiger partial charge in [-0.25, -0.2) is 9.67 Å². The van der Waals surface area contributed by atoms with Crippen LogP contribution in [0.1, 0.15) is 36.8 Å². The Balaban J connectivity index is 1.59. The third-order valence-corrected chi connectivity index (χ3v) is 4.82. The maximum absolute atomic E-state index is 5.30. The molecular formula is C21H24N8O2. The quantitative estimate of drug-likeness (QED) is 0.411. The van der Waals surface area contributed by atoms with Crippen LogP contribution in [0, 0.1) is 0 Å². The van der Waals surface area contributed by atoms with Crippen molar-refractivity contribution in [2.45, 2.75) is 32.6 Å². The number of hydrogen-bond donors (Lipinski definition) is 1. The lowest BCUT2D eigenvalue weighted by Crippen LogP contribution is -2.08. The molecule has 0 fully saturated rings. The molecule has 0 aliphatic carbocycles. The summed E-state index contributed by atoms with van der Waals surface area (Å²) in [5.74, 6) is 1.90. The van der Waals surface area contributed by atoms with Crippen molar-refractivity contribution >= 4 is 0 Å². The van der Waals surface area contributed by atoms with Gasteiger partial charge in [-0.15, -0.1) is 10.2 Å². The SMILES string of the molecule is CCCn1nc(C(OC)OC)nc1Cc1ccc(-c2ccccc2-c2nn[nH]n2)nc1. The molecule has 0 aliphatic rings. The van der Waals surface area contributed by atoms with E-state index < -0.39 is 6.29 Å². The van der Waals surface area contributed by atoms with E-state index in [1.54, 1.807) is 14.2 Å². The molecule has 4 aromatic rings. The Labute approximate surface area is 179 Å². The first-order chi connectivity index (χ1) is 15.2. The second-order valence-corrected chi connectivity index (χ2v) is 6.92. The Morgan fingerprint density at radius 3 is 2.52 bits per heavy atom. The van der Waals surface area contributed by atoms with Gasteiger partial charge in [0, 0.05) is 44.5 Å². The van der Waals surface area contributed by atoms with Crippen LogP contribution in [0.2, 0.25) is 0 Å². The average molecular weight is 420 g/mol. The molecule has 31 heavy (non-hydrogen) atoms. The maximum Gasteiger partial charge on any atom is 0.220 e. The van der Waals surface area contributed by atoms with E-state index in [9.17, 15) is 0 Å². The number of H-pyrrole nitrogens is 1. The average Bonchev–Trinajstić information content (AvgIpc) is 3.47. The van der Waals surface area contributed by atoms with Crippen LogP contribution in [0.4, 0.5) is 0 Å². The Morgan fingerprint density at radius 2 is 1.87 bits per heavy atom. The molecule has 0 unspecified atom stereocenters. The van der Waals surface area contributed by atoms with E-state index in [1.807, 2.05) is 47.3 Å². The Hall–Kier alpha value is -3.50. The number of tetrazole rings is 1. The summed E-state index contributed by atoms with van der Waals surface area (Å²) >= 11 is 0.